The van der Waals surface area contributed by atoms with Crippen LogP contribution < -0.4 is 16.4 Å². The second kappa shape index (κ2) is 5.48. The number of hydrogen-bond donors (Lipinski definition) is 3. The first-order chi connectivity index (χ1) is 8.97. The minimum Gasteiger partial charge on any atom is -0.398 e. The van der Waals surface area contributed by atoms with Crippen LogP contribution in [-0.2, 0) is 4.79 Å². The van der Waals surface area contributed by atoms with Crippen molar-refractivity contribution in [3.63, 3.8) is 0 Å². The molecule has 1 unspecified atom stereocenters. The Balaban J connectivity index is 1.95. The van der Waals surface area contributed by atoms with Gasteiger partial charge in [-0.15, -0.1) is 0 Å². The number of benzene rings is 1. The number of carbonyl (C=O) groups excluding carboxylic acids is 2. The van der Waals surface area contributed by atoms with Crippen molar-refractivity contribution < 1.29 is 9.59 Å². The molecule has 1 aromatic rings. The van der Waals surface area contributed by atoms with E-state index in [2.05, 4.69) is 10.6 Å². The highest BCUT2D eigenvalue weighted by Crippen LogP contribution is 2.20. The number of carbonyl (C=O) groups is 2. The summed E-state index contributed by atoms with van der Waals surface area (Å²) in [5, 5.41) is 5.86. The van der Waals surface area contributed by atoms with E-state index in [-0.39, 0.29) is 17.9 Å². The molecule has 2 rings (SSSR count). The van der Waals surface area contributed by atoms with E-state index >= 15 is 0 Å². The van der Waals surface area contributed by atoms with Crippen molar-refractivity contribution in [2.24, 2.45) is 0 Å². The van der Waals surface area contributed by atoms with Gasteiger partial charge in [-0.2, -0.15) is 0 Å². The predicted molar refractivity (Wildman–Crippen MR) is 74.0 cm³/mol. The number of nitrogens with one attached hydrogen (secondary N) is 2. The monoisotopic (exact) mass is 281 g/mol. The Morgan fingerprint density at radius 3 is 2.68 bits per heavy atom. The molecule has 2 amide bonds. The molecule has 5 nitrogen and oxygen atoms in total. The summed E-state index contributed by atoms with van der Waals surface area (Å²) in [5.41, 5.74) is 6.35. The average molecular weight is 282 g/mol. The molecule has 0 aliphatic heterocycles. The van der Waals surface area contributed by atoms with Crippen LogP contribution in [-0.4, -0.2) is 23.9 Å². The normalized spacial score (nSPS) is 15.7. The van der Waals surface area contributed by atoms with Gasteiger partial charge in [-0.1, -0.05) is 11.6 Å². The third kappa shape index (κ3) is 3.61. The molecule has 0 spiro atoms. The van der Waals surface area contributed by atoms with E-state index < -0.39 is 6.04 Å². The molecular formula is C13H16ClN3O2. The lowest BCUT2D eigenvalue weighted by Gasteiger charge is -2.14. The summed E-state index contributed by atoms with van der Waals surface area (Å²) < 4.78 is 0. The number of nitrogen functional groups attached to an aromatic ring is 1. The Labute approximate surface area is 116 Å². The van der Waals surface area contributed by atoms with E-state index in [1.165, 1.54) is 6.07 Å². The third-order valence-corrected chi connectivity index (χ3v) is 3.27. The number of hydrogen-bond acceptors (Lipinski definition) is 3. The van der Waals surface area contributed by atoms with Gasteiger partial charge in [-0.3, -0.25) is 9.59 Å². The smallest absolute Gasteiger partial charge is 0.251 e. The fourth-order valence-electron chi connectivity index (χ4n) is 1.58. The van der Waals surface area contributed by atoms with Crippen LogP contribution in [0.3, 0.4) is 0 Å². The minimum atomic E-state index is -0.579. The second-order valence-corrected chi connectivity index (χ2v) is 5.12. The first-order valence-corrected chi connectivity index (χ1v) is 6.51. The molecule has 0 bridgehead atoms. The van der Waals surface area contributed by atoms with Gasteiger partial charge in [0.05, 0.1) is 10.7 Å². The second-order valence-electron chi connectivity index (χ2n) is 4.71. The first-order valence-electron chi connectivity index (χ1n) is 6.13. The van der Waals surface area contributed by atoms with Crippen LogP contribution in [0.15, 0.2) is 18.2 Å². The molecule has 0 aromatic heterocycles. The third-order valence-electron chi connectivity index (χ3n) is 2.92. The zero-order valence-corrected chi connectivity index (χ0v) is 11.3. The maximum absolute atomic E-state index is 11.9. The Morgan fingerprint density at radius 2 is 2.11 bits per heavy atom. The largest absolute Gasteiger partial charge is 0.398 e. The molecule has 6 heteroatoms. The standard InChI is InChI=1S/C13H16ClN3O2/c1-7(12(18)17-9-3-4-9)16-13(19)8-2-5-10(14)11(15)6-8/h2,5-7,9H,3-4,15H2,1H3,(H,16,19)(H,17,18). The maximum atomic E-state index is 11.9. The van der Waals surface area contributed by atoms with Gasteiger partial charge in [-0.05, 0) is 38.0 Å². The summed E-state index contributed by atoms with van der Waals surface area (Å²) in [4.78, 5) is 23.6. The predicted octanol–water partition coefficient (Wildman–Crippen LogP) is 1.32. The zero-order valence-electron chi connectivity index (χ0n) is 10.6. The summed E-state index contributed by atoms with van der Waals surface area (Å²) >= 11 is 5.78. The lowest BCUT2D eigenvalue weighted by Crippen LogP contribution is -2.45. The summed E-state index contributed by atoms with van der Waals surface area (Å²) in [6.45, 7) is 1.65. The van der Waals surface area contributed by atoms with Gasteiger partial charge >= 0.3 is 0 Å². The molecule has 0 saturated heterocycles. The van der Waals surface area contributed by atoms with Gasteiger partial charge in [0, 0.05) is 11.6 Å². The van der Waals surface area contributed by atoms with E-state index in [1.807, 2.05) is 0 Å². The van der Waals surface area contributed by atoms with Crippen LogP contribution in [0, 0.1) is 0 Å². The molecule has 1 fully saturated rings. The fraction of sp³-hybridized carbons (Fsp3) is 0.385. The van der Waals surface area contributed by atoms with Crippen molar-refractivity contribution in [1.29, 1.82) is 0 Å². The highest BCUT2D eigenvalue weighted by molar-refractivity contribution is 6.33. The molecule has 102 valence electrons. The van der Waals surface area contributed by atoms with Crippen LogP contribution in [0.25, 0.3) is 0 Å². The Morgan fingerprint density at radius 1 is 1.42 bits per heavy atom. The lowest BCUT2D eigenvalue weighted by molar-refractivity contribution is -0.122. The van der Waals surface area contributed by atoms with Crippen LogP contribution in [0.4, 0.5) is 5.69 Å². The topological polar surface area (TPSA) is 84.2 Å². The number of nitrogens with two attached hydrogens (primary N) is 1. The number of halogens is 1. The van der Waals surface area contributed by atoms with E-state index in [1.54, 1.807) is 19.1 Å². The summed E-state index contributed by atoms with van der Waals surface area (Å²) in [5.74, 6) is -0.514. The van der Waals surface area contributed by atoms with Gasteiger partial charge < -0.3 is 16.4 Å². The zero-order chi connectivity index (χ0) is 14.0. The molecule has 0 heterocycles. The van der Waals surface area contributed by atoms with Crippen molar-refractivity contribution in [2.75, 3.05) is 5.73 Å². The molecule has 4 N–H and O–H groups in total. The van der Waals surface area contributed by atoms with Crippen molar-refractivity contribution in [2.45, 2.75) is 31.8 Å². The van der Waals surface area contributed by atoms with Gasteiger partial charge in [-0.25, -0.2) is 0 Å². The number of amides is 2. The molecule has 1 aliphatic carbocycles. The summed E-state index contributed by atoms with van der Waals surface area (Å²) in [7, 11) is 0. The lowest BCUT2D eigenvalue weighted by atomic mass is 10.1. The van der Waals surface area contributed by atoms with Gasteiger partial charge in [0.25, 0.3) is 5.91 Å². The van der Waals surface area contributed by atoms with E-state index in [0.29, 0.717) is 16.3 Å². The molecule has 1 atom stereocenters. The van der Waals surface area contributed by atoms with Crippen LogP contribution in [0.5, 0.6) is 0 Å². The Bertz CT molecular complexity index is 515. The SMILES string of the molecule is CC(NC(=O)c1ccc(Cl)c(N)c1)C(=O)NC1CC1. The van der Waals surface area contributed by atoms with Crippen LogP contribution in [0.2, 0.25) is 5.02 Å². The molecule has 1 saturated carbocycles. The van der Waals surface area contributed by atoms with Crippen molar-refractivity contribution in [3.05, 3.63) is 28.8 Å². The van der Waals surface area contributed by atoms with Crippen molar-refractivity contribution >= 4 is 29.1 Å². The number of anilines is 1. The molecule has 1 aliphatic rings. The summed E-state index contributed by atoms with van der Waals surface area (Å²) in [6, 6.07) is 4.31. The maximum Gasteiger partial charge on any atom is 0.251 e. The quantitative estimate of drug-likeness (QED) is 0.728. The van der Waals surface area contributed by atoms with E-state index in [9.17, 15) is 9.59 Å². The Kier molecular flexibility index (Phi) is 3.95. The molecule has 0 radical (unpaired) electrons. The van der Waals surface area contributed by atoms with Gasteiger partial charge in [0.15, 0.2) is 0 Å². The molecule has 19 heavy (non-hydrogen) atoms. The van der Waals surface area contributed by atoms with E-state index in [0.717, 1.165) is 12.8 Å². The first kappa shape index (κ1) is 13.7. The highest BCUT2D eigenvalue weighted by Gasteiger charge is 2.26. The average Bonchev–Trinajstić information content (AvgIpc) is 3.16. The van der Waals surface area contributed by atoms with Crippen molar-refractivity contribution in [1.82, 2.24) is 10.6 Å². The molecule has 1 aromatic carbocycles. The number of rotatable bonds is 4. The van der Waals surface area contributed by atoms with Gasteiger partial charge in [0.1, 0.15) is 6.04 Å². The molecular weight excluding hydrogens is 266 g/mol. The van der Waals surface area contributed by atoms with Gasteiger partial charge in [0.2, 0.25) is 5.91 Å². The minimum absolute atomic E-state index is 0.169. The summed E-state index contributed by atoms with van der Waals surface area (Å²) in [6.07, 6.45) is 2.03. The van der Waals surface area contributed by atoms with Crippen LogP contribution in [0.1, 0.15) is 30.1 Å². The highest BCUT2D eigenvalue weighted by atomic mass is 35.5. The van der Waals surface area contributed by atoms with Crippen LogP contribution >= 0.6 is 11.6 Å². The van der Waals surface area contributed by atoms with E-state index in [4.69, 9.17) is 17.3 Å². The van der Waals surface area contributed by atoms with Crippen molar-refractivity contribution in [3.8, 4) is 0 Å². The Hall–Kier alpha value is -1.75. The fourth-order valence-corrected chi connectivity index (χ4v) is 1.70.